The van der Waals surface area contributed by atoms with Gasteiger partial charge in [-0.3, -0.25) is 5.32 Å². The van der Waals surface area contributed by atoms with Crippen LogP contribution < -0.4 is 10.1 Å². The number of rotatable bonds is 5. The minimum absolute atomic E-state index is 0.0835. The molecule has 0 bridgehead atoms. The van der Waals surface area contributed by atoms with Gasteiger partial charge in [0, 0.05) is 6.04 Å². The normalized spacial score (nSPS) is 13.2. The molecule has 0 aliphatic rings. The van der Waals surface area contributed by atoms with Gasteiger partial charge in [-0.2, -0.15) is 5.26 Å². The molecule has 1 N–H and O–H groups in total. The van der Waals surface area contributed by atoms with Crippen LogP contribution in [-0.4, -0.2) is 7.11 Å². The Hall–Kier alpha value is -2.31. The van der Waals surface area contributed by atoms with Crippen LogP contribution in [0, 0.1) is 18.3 Å². The standard InChI is InChI=1S/C18H20N2O/c1-13-6-4-5-7-17(13)18(12-19)20-14(2)15-8-10-16(21-3)11-9-15/h4-11,14,18,20H,1-3H3. The molecule has 0 spiro atoms. The Morgan fingerprint density at radius 2 is 1.76 bits per heavy atom. The van der Waals surface area contributed by atoms with Crippen molar-refractivity contribution in [3.8, 4) is 11.8 Å². The molecule has 2 aromatic carbocycles. The molecule has 0 radical (unpaired) electrons. The second-order valence-corrected chi connectivity index (χ2v) is 5.08. The van der Waals surface area contributed by atoms with E-state index in [1.807, 2.05) is 55.5 Å². The first-order chi connectivity index (χ1) is 10.2. The Kier molecular flexibility index (Phi) is 4.97. The van der Waals surface area contributed by atoms with Crippen molar-refractivity contribution >= 4 is 0 Å². The van der Waals surface area contributed by atoms with E-state index in [0.717, 1.165) is 22.4 Å². The van der Waals surface area contributed by atoms with Crippen LogP contribution >= 0.6 is 0 Å². The fraction of sp³-hybridized carbons (Fsp3) is 0.278. The van der Waals surface area contributed by atoms with E-state index < -0.39 is 0 Å². The monoisotopic (exact) mass is 280 g/mol. The summed E-state index contributed by atoms with van der Waals surface area (Å²) in [7, 11) is 1.65. The number of aryl methyl sites for hydroxylation is 1. The van der Waals surface area contributed by atoms with Crippen molar-refractivity contribution in [3.63, 3.8) is 0 Å². The molecule has 0 amide bonds. The van der Waals surface area contributed by atoms with Crippen molar-refractivity contribution < 1.29 is 4.74 Å². The zero-order chi connectivity index (χ0) is 15.2. The number of benzene rings is 2. The van der Waals surface area contributed by atoms with E-state index in [-0.39, 0.29) is 12.1 Å². The van der Waals surface area contributed by atoms with Crippen LogP contribution in [0.1, 0.15) is 35.7 Å². The maximum absolute atomic E-state index is 9.45. The molecular formula is C18H20N2O. The quantitative estimate of drug-likeness (QED) is 0.903. The molecule has 21 heavy (non-hydrogen) atoms. The predicted octanol–water partition coefficient (Wildman–Crippen LogP) is 3.92. The van der Waals surface area contributed by atoms with Crippen molar-refractivity contribution in [2.75, 3.05) is 7.11 Å². The van der Waals surface area contributed by atoms with Gasteiger partial charge in [0.25, 0.3) is 0 Å². The highest BCUT2D eigenvalue weighted by atomic mass is 16.5. The topological polar surface area (TPSA) is 45.0 Å². The SMILES string of the molecule is COc1ccc(C(C)NC(C#N)c2ccccc2C)cc1. The van der Waals surface area contributed by atoms with Gasteiger partial charge in [0.15, 0.2) is 0 Å². The highest BCUT2D eigenvalue weighted by Gasteiger charge is 2.16. The lowest BCUT2D eigenvalue weighted by Crippen LogP contribution is -2.24. The molecule has 108 valence electrons. The fourth-order valence-electron chi connectivity index (χ4n) is 2.35. The van der Waals surface area contributed by atoms with Crippen molar-refractivity contribution in [1.82, 2.24) is 5.32 Å². The van der Waals surface area contributed by atoms with Gasteiger partial charge in [-0.25, -0.2) is 0 Å². The Bertz CT molecular complexity index is 628. The largest absolute Gasteiger partial charge is 0.497 e. The van der Waals surface area contributed by atoms with Crippen LogP contribution in [0.3, 0.4) is 0 Å². The van der Waals surface area contributed by atoms with Crippen molar-refractivity contribution in [3.05, 3.63) is 65.2 Å². The average molecular weight is 280 g/mol. The third-order valence-electron chi connectivity index (χ3n) is 3.66. The Morgan fingerprint density at radius 1 is 1.10 bits per heavy atom. The van der Waals surface area contributed by atoms with Crippen LogP contribution in [0.4, 0.5) is 0 Å². The number of nitrogens with zero attached hydrogens (tertiary/aromatic N) is 1. The molecule has 0 aliphatic heterocycles. The van der Waals surface area contributed by atoms with E-state index >= 15 is 0 Å². The zero-order valence-electron chi connectivity index (χ0n) is 12.6. The van der Waals surface area contributed by atoms with Crippen molar-refractivity contribution in [2.45, 2.75) is 25.9 Å². The Balaban J connectivity index is 2.14. The number of nitriles is 1. The number of hydrogen-bond donors (Lipinski definition) is 1. The summed E-state index contributed by atoms with van der Waals surface area (Å²) in [5.74, 6) is 0.835. The summed E-state index contributed by atoms with van der Waals surface area (Å²) in [6.45, 7) is 4.09. The van der Waals surface area contributed by atoms with Gasteiger partial charge in [0.05, 0.1) is 13.2 Å². The van der Waals surface area contributed by atoms with E-state index in [0.29, 0.717) is 0 Å². The van der Waals surface area contributed by atoms with E-state index in [4.69, 9.17) is 4.74 Å². The maximum Gasteiger partial charge on any atom is 0.122 e. The highest BCUT2D eigenvalue weighted by molar-refractivity contribution is 5.33. The molecule has 0 aliphatic carbocycles. The number of methoxy groups -OCH3 is 1. The molecule has 2 atom stereocenters. The summed E-state index contributed by atoms with van der Waals surface area (Å²) >= 11 is 0. The van der Waals surface area contributed by atoms with Crippen LogP contribution in [0.2, 0.25) is 0 Å². The first-order valence-corrected chi connectivity index (χ1v) is 7.01. The molecule has 3 heteroatoms. The van der Waals surface area contributed by atoms with Crippen LogP contribution in [-0.2, 0) is 0 Å². The lowest BCUT2D eigenvalue weighted by atomic mass is 10.00. The first-order valence-electron chi connectivity index (χ1n) is 7.01. The van der Waals surface area contributed by atoms with Crippen LogP contribution in [0.5, 0.6) is 5.75 Å². The predicted molar refractivity (Wildman–Crippen MR) is 84.1 cm³/mol. The van der Waals surface area contributed by atoms with Gasteiger partial charge in [-0.15, -0.1) is 0 Å². The molecular weight excluding hydrogens is 260 g/mol. The van der Waals surface area contributed by atoms with Crippen LogP contribution in [0.15, 0.2) is 48.5 Å². The lowest BCUT2D eigenvalue weighted by Gasteiger charge is -2.20. The second kappa shape index (κ2) is 6.92. The van der Waals surface area contributed by atoms with Crippen molar-refractivity contribution in [1.29, 1.82) is 5.26 Å². The van der Waals surface area contributed by atoms with E-state index in [1.54, 1.807) is 7.11 Å². The molecule has 2 unspecified atom stereocenters. The molecule has 2 rings (SSSR count). The van der Waals surface area contributed by atoms with Crippen LogP contribution in [0.25, 0.3) is 0 Å². The number of hydrogen-bond acceptors (Lipinski definition) is 3. The zero-order valence-corrected chi connectivity index (χ0v) is 12.6. The van der Waals surface area contributed by atoms with Crippen molar-refractivity contribution in [2.24, 2.45) is 0 Å². The molecule has 0 saturated heterocycles. The molecule has 0 heterocycles. The van der Waals surface area contributed by atoms with E-state index in [1.165, 1.54) is 0 Å². The minimum atomic E-state index is -0.316. The van der Waals surface area contributed by atoms with E-state index in [2.05, 4.69) is 18.3 Å². The summed E-state index contributed by atoms with van der Waals surface area (Å²) in [6.07, 6.45) is 0. The third-order valence-corrected chi connectivity index (χ3v) is 3.66. The summed E-state index contributed by atoms with van der Waals surface area (Å²) < 4.78 is 5.16. The summed E-state index contributed by atoms with van der Waals surface area (Å²) in [5.41, 5.74) is 3.28. The average Bonchev–Trinajstić information content (AvgIpc) is 2.53. The lowest BCUT2D eigenvalue weighted by molar-refractivity contribution is 0.414. The Morgan fingerprint density at radius 3 is 2.33 bits per heavy atom. The summed E-state index contributed by atoms with van der Waals surface area (Å²) in [4.78, 5) is 0. The smallest absolute Gasteiger partial charge is 0.122 e. The first kappa shape index (κ1) is 15.1. The van der Waals surface area contributed by atoms with E-state index in [9.17, 15) is 5.26 Å². The molecule has 3 nitrogen and oxygen atoms in total. The molecule has 2 aromatic rings. The molecule has 0 fully saturated rings. The third kappa shape index (κ3) is 3.62. The van der Waals surface area contributed by atoms with Gasteiger partial charge < -0.3 is 4.74 Å². The highest BCUT2D eigenvalue weighted by Crippen LogP contribution is 2.23. The maximum atomic E-state index is 9.45. The second-order valence-electron chi connectivity index (χ2n) is 5.08. The number of nitrogens with one attached hydrogen (secondary N) is 1. The fourth-order valence-corrected chi connectivity index (χ4v) is 2.35. The summed E-state index contributed by atoms with van der Waals surface area (Å²) in [5, 5.41) is 12.8. The van der Waals surface area contributed by atoms with Gasteiger partial charge in [-0.05, 0) is 42.7 Å². The van der Waals surface area contributed by atoms with Gasteiger partial charge >= 0.3 is 0 Å². The van der Waals surface area contributed by atoms with Gasteiger partial charge in [0.2, 0.25) is 0 Å². The molecule has 0 aromatic heterocycles. The summed E-state index contributed by atoms with van der Waals surface area (Å²) in [6, 6.07) is 18.0. The minimum Gasteiger partial charge on any atom is -0.497 e. The van der Waals surface area contributed by atoms with Gasteiger partial charge in [-0.1, -0.05) is 36.4 Å². The number of ether oxygens (including phenoxy) is 1. The van der Waals surface area contributed by atoms with Gasteiger partial charge in [0.1, 0.15) is 11.8 Å². The Labute approximate surface area is 126 Å². The molecule has 0 saturated carbocycles.